The van der Waals surface area contributed by atoms with Gasteiger partial charge in [-0.15, -0.1) is 0 Å². The minimum absolute atomic E-state index is 0.468. The van der Waals surface area contributed by atoms with Gasteiger partial charge < -0.3 is 20.9 Å². The number of nitrogens with two attached hydrogens (primary N) is 2. The number of methoxy groups -OCH3 is 2. The predicted octanol–water partition coefficient (Wildman–Crippen LogP) is 3.29. The van der Waals surface area contributed by atoms with Gasteiger partial charge in [-0.05, 0) is 100 Å². The van der Waals surface area contributed by atoms with Gasteiger partial charge in [0.25, 0.3) is 0 Å². The van der Waals surface area contributed by atoms with Gasteiger partial charge in [0, 0.05) is 12.1 Å². The molecule has 2 aromatic carbocycles. The molecule has 0 spiro atoms. The maximum Gasteiger partial charge on any atom is 0.118 e. The highest BCUT2D eigenvalue weighted by Gasteiger charge is 2.32. The van der Waals surface area contributed by atoms with Crippen molar-refractivity contribution in [1.82, 2.24) is 9.80 Å². The van der Waals surface area contributed by atoms with E-state index in [0.29, 0.717) is 23.9 Å². The summed E-state index contributed by atoms with van der Waals surface area (Å²) in [5, 5.41) is 0. The topological polar surface area (TPSA) is 77.0 Å². The first-order chi connectivity index (χ1) is 15.5. The van der Waals surface area contributed by atoms with Crippen LogP contribution in [-0.4, -0.2) is 64.3 Å². The molecule has 0 radical (unpaired) electrons. The number of likely N-dealkylation sites (tertiary alicyclic amines) is 2. The third kappa shape index (κ3) is 5.62. The molecule has 0 aliphatic carbocycles. The number of hydrogen-bond acceptors (Lipinski definition) is 6. The number of nitrogens with zero attached hydrogens (tertiary/aromatic N) is 2. The molecule has 0 saturated carbocycles. The quantitative estimate of drug-likeness (QED) is 0.718. The Bertz CT molecular complexity index is 742. The summed E-state index contributed by atoms with van der Waals surface area (Å²) >= 11 is 0. The highest BCUT2D eigenvalue weighted by Crippen LogP contribution is 2.36. The second-order valence-corrected chi connectivity index (χ2v) is 8.97. The third-order valence-electron chi connectivity index (χ3n) is 7.07. The van der Waals surface area contributed by atoms with E-state index in [1.54, 1.807) is 14.2 Å². The summed E-state index contributed by atoms with van der Waals surface area (Å²) in [4.78, 5) is 4.78. The first-order valence-corrected chi connectivity index (χ1v) is 11.6. The van der Waals surface area contributed by atoms with Crippen LogP contribution in [0.1, 0.15) is 36.1 Å². The molecule has 6 nitrogen and oxygen atoms in total. The Morgan fingerprint density at radius 3 is 1.31 bits per heavy atom. The maximum atomic E-state index is 5.83. The molecule has 0 unspecified atom stereocenters. The Kier molecular flexibility index (Phi) is 8.93. The van der Waals surface area contributed by atoms with Crippen LogP contribution in [0.15, 0.2) is 48.5 Å². The fourth-order valence-electron chi connectivity index (χ4n) is 5.20. The van der Waals surface area contributed by atoms with Crippen LogP contribution in [0.5, 0.6) is 11.5 Å². The Hall–Kier alpha value is -2.12. The number of rotatable bonds is 6. The molecule has 32 heavy (non-hydrogen) atoms. The highest BCUT2D eigenvalue weighted by atomic mass is 16.5. The van der Waals surface area contributed by atoms with E-state index >= 15 is 0 Å². The molecule has 0 aromatic heterocycles. The van der Waals surface area contributed by atoms with Crippen LogP contribution in [0.2, 0.25) is 0 Å². The molecule has 2 aromatic rings. The Morgan fingerprint density at radius 2 is 1.03 bits per heavy atom. The summed E-state index contributed by atoms with van der Waals surface area (Å²) < 4.78 is 10.3. The van der Waals surface area contributed by atoms with Crippen molar-refractivity contribution < 1.29 is 9.47 Å². The van der Waals surface area contributed by atoms with Crippen LogP contribution >= 0.6 is 0 Å². The van der Waals surface area contributed by atoms with E-state index in [2.05, 4.69) is 48.2 Å². The molecule has 176 valence electrons. The summed E-state index contributed by atoms with van der Waals surface area (Å²) in [6, 6.07) is 17.6. The summed E-state index contributed by atoms with van der Waals surface area (Å²) in [5.41, 5.74) is 14.3. The van der Waals surface area contributed by atoms with E-state index in [1.807, 2.05) is 24.3 Å². The maximum absolute atomic E-state index is 5.83. The Balaban J connectivity index is 0.000000181. The van der Waals surface area contributed by atoms with Gasteiger partial charge in [-0.2, -0.15) is 0 Å². The molecule has 4 atom stereocenters. The van der Waals surface area contributed by atoms with Crippen LogP contribution in [0.4, 0.5) is 0 Å². The van der Waals surface area contributed by atoms with E-state index in [-0.39, 0.29) is 0 Å². The second-order valence-electron chi connectivity index (χ2n) is 8.97. The van der Waals surface area contributed by atoms with E-state index in [1.165, 1.54) is 24.0 Å². The van der Waals surface area contributed by atoms with Gasteiger partial charge in [0.1, 0.15) is 11.5 Å². The number of ether oxygens (including phenoxy) is 2. The van der Waals surface area contributed by atoms with Crippen molar-refractivity contribution in [3.05, 3.63) is 59.7 Å². The molecule has 2 saturated heterocycles. The summed E-state index contributed by atoms with van der Waals surface area (Å²) in [5.74, 6) is 2.99. The van der Waals surface area contributed by atoms with E-state index < -0.39 is 0 Å². The van der Waals surface area contributed by atoms with Crippen LogP contribution < -0.4 is 20.9 Å². The largest absolute Gasteiger partial charge is 0.497 e. The lowest BCUT2D eigenvalue weighted by Gasteiger charge is -2.24. The van der Waals surface area contributed by atoms with Gasteiger partial charge in [0.15, 0.2) is 0 Å². The molecule has 0 bridgehead atoms. The van der Waals surface area contributed by atoms with E-state index in [9.17, 15) is 0 Å². The Morgan fingerprint density at radius 1 is 0.688 bits per heavy atom. The average molecular weight is 441 g/mol. The smallest absolute Gasteiger partial charge is 0.118 e. The van der Waals surface area contributed by atoms with E-state index in [4.69, 9.17) is 20.9 Å². The second kappa shape index (κ2) is 11.7. The van der Waals surface area contributed by atoms with Gasteiger partial charge in [-0.25, -0.2) is 0 Å². The van der Waals surface area contributed by atoms with Crippen LogP contribution in [-0.2, 0) is 0 Å². The molecule has 4 N–H and O–H groups in total. The Labute approximate surface area is 193 Å². The first-order valence-electron chi connectivity index (χ1n) is 11.6. The molecule has 2 fully saturated rings. The van der Waals surface area contributed by atoms with Crippen molar-refractivity contribution in [2.75, 3.05) is 54.5 Å². The highest BCUT2D eigenvalue weighted by molar-refractivity contribution is 5.31. The van der Waals surface area contributed by atoms with E-state index in [0.717, 1.165) is 37.7 Å². The van der Waals surface area contributed by atoms with Crippen molar-refractivity contribution in [2.24, 2.45) is 23.3 Å². The molecule has 2 heterocycles. The lowest BCUT2D eigenvalue weighted by atomic mass is 9.94. The summed E-state index contributed by atoms with van der Waals surface area (Å²) in [6.45, 7) is 3.80. The number of benzene rings is 2. The normalized spacial score (nSPS) is 25.9. The van der Waals surface area contributed by atoms with Gasteiger partial charge in [0.2, 0.25) is 0 Å². The zero-order valence-electron chi connectivity index (χ0n) is 20.0. The third-order valence-corrected chi connectivity index (χ3v) is 7.07. The van der Waals surface area contributed by atoms with Crippen molar-refractivity contribution in [3.63, 3.8) is 0 Å². The summed E-state index contributed by atoms with van der Waals surface area (Å²) in [7, 11) is 7.73. The molecule has 0 amide bonds. The zero-order chi connectivity index (χ0) is 23.1. The lowest BCUT2D eigenvalue weighted by Crippen LogP contribution is -2.25. The number of hydrogen-bond donors (Lipinski definition) is 2. The first kappa shape index (κ1) is 24.5. The fraction of sp³-hybridized carbons (Fsp3) is 0.538. The minimum atomic E-state index is 0.468. The van der Waals surface area contributed by atoms with Gasteiger partial charge in [0.05, 0.1) is 14.2 Å². The van der Waals surface area contributed by atoms with Crippen LogP contribution in [0.25, 0.3) is 0 Å². The average Bonchev–Trinajstić information content (AvgIpc) is 3.41. The molecule has 4 rings (SSSR count). The molecule has 2 aliphatic heterocycles. The summed E-state index contributed by atoms with van der Waals surface area (Å²) in [6.07, 6.45) is 2.40. The lowest BCUT2D eigenvalue weighted by molar-refractivity contribution is 0.279. The predicted molar refractivity (Wildman–Crippen MR) is 131 cm³/mol. The molecule has 6 heteroatoms. The SMILES string of the molecule is COc1ccc([C@@H]2[C@@H](CN)CCN2C)cc1.COc1ccc([C@H]2[C@H](CN)CCN2C)cc1. The minimum Gasteiger partial charge on any atom is -0.497 e. The van der Waals surface area contributed by atoms with Gasteiger partial charge >= 0.3 is 0 Å². The van der Waals surface area contributed by atoms with Crippen molar-refractivity contribution in [1.29, 1.82) is 0 Å². The molecule has 2 aliphatic rings. The fourth-order valence-corrected chi connectivity index (χ4v) is 5.20. The van der Waals surface area contributed by atoms with Crippen molar-refractivity contribution in [3.8, 4) is 11.5 Å². The molecular formula is C26H40N4O2. The molecular weight excluding hydrogens is 400 g/mol. The van der Waals surface area contributed by atoms with Gasteiger partial charge in [-0.1, -0.05) is 24.3 Å². The van der Waals surface area contributed by atoms with Crippen LogP contribution in [0, 0.1) is 11.8 Å². The zero-order valence-corrected chi connectivity index (χ0v) is 20.0. The standard InChI is InChI=1S/2C13H20N2O/c2*1-15-8-7-11(9-14)13(15)10-3-5-12(16-2)6-4-10/h2*3-6,11,13H,7-9,14H2,1-2H3/t2*11-,13-/m10/s1. The monoisotopic (exact) mass is 440 g/mol. The van der Waals surface area contributed by atoms with Gasteiger partial charge in [-0.3, -0.25) is 9.80 Å². The van der Waals surface area contributed by atoms with Crippen molar-refractivity contribution >= 4 is 0 Å². The van der Waals surface area contributed by atoms with Crippen molar-refractivity contribution in [2.45, 2.75) is 24.9 Å². The van der Waals surface area contributed by atoms with Crippen LogP contribution in [0.3, 0.4) is 0 Å².